The fourth-order valence-electron chi connectivity index (χ4n) is 3.44. The molecule has 140 valence electrons. The highest BCUT2D eigenvalue weighted by Crippen LogP contribution is 2.34. The van der Waals surface area contributed by atoms with E-state index >= 15 is 0 Å². The number of carbonyl (C=O) groups is 1. The van der Waals surface area contributed by atoms with Gasteiger partial charge in [0.2, 0.25) is 0 Å². The topological polar surface area (TPSA) is 50.4 Å². The van der Waals surface area contributed by atoms with E-state index in [9.17, 15) is 13.6 Å². The van der Waals surface area contributed by atoms with Gasteiger partial charge in [0.15, 0.2) is 0 Å². The van der Waals surface area contributed by atoms with E-state index in [1.807, 2.05) is 6.07 Å². The number of hydrogen-bond acceptors (Lipinski definition) is 4. The summed E-state index contributed by atoms with van der Waals surface area (Å²) in [6, 6.07) is 8.10. The number of methoxy groups -OCH3 is 1. The summed E-state index contributed by atoms with van der Waals surface area (Å²) < 4.78 is 34.9. The minimum absolute atomic E-state index is 0.0992. The maximum absolute atomic E-state index is 14.8. The van der Waals surface area contributed by atoms with E-state index in [0.717, 1.165) is 5.56 Å². The minimum Gasteiger partial charge on any atom is -0.380 e. The van der Waals surface area contributed by atoms with Gasteiger partial charge in [-0.1, -0.05) is 12.1 Å². The number of nitrogens with one attached hydrogen (secondary N) is 2. The van der Waals surface area contributed by atoms with Gasteiger partial charge in [0.25, 0.3) is 5.91 Å². The predicted octanol–water partition coefficient (Wildman–Crippen LogP) is 4.22. The number of rotatable bonds is 4. The van der Waals surface area contributed by atoms with Crippen LogP contribution in [0.15, 0.2) is 30.3 Å². The molecule has 2 heterocycles. The van der Waals surface area contributed by atoms with Crippen LogP contribution in [0.3, 0.4) is 0 Å². The largest absolute Gasteiger partial charge is 0.380 e. The highest BCUT2D eigenvalue weighted by atomic mass is 32.1. The Kier molecular flexibility index (Phi) is 4.90. The molecule has 4 nitrogen and oxygen atoms in total. The Morgan fingerprint density at radius 3 is 2.96 bits per heavy atom. The number of amides is 1. The van der Waals surface area contributed by atoms with Crippen molar-refractivity contribution in [1.82, 2.24) is 5.32 Å². The van der Waals surface area contributed by atoms with Crippen molar-refractivity contribution in [2.45, 2.75) is 19.6 Å². The smallest absolute Gasteiger partial charge is 0.266 e. The first-order chi connectivity index (χ1) is 13.1. The van der Waals surface area contributed by atoms with Crippen molar-refractivity contribution in [3.05, 3.63) is 63.5 Å². The van der Waals surface area contributed by atoms with Gasteiger partial charge in [0.1, 0.15) is 11.6 Å². The van der Waals surface area contributed by atoms with Gasteiger partial charge in [-0.15, -0.1) is 11.3 Å². The third kappa shape index (κ3) is 3.22. The summed E-state index contributed by atoms with van der Waals surface area (Å²) in [5, 5.41) is 6.23. The number of fused-ring (bicyclic) bond motifs is 2. The van der Waals surface area contributed by atoms with Crippen molar-refractivity contribution in [3.63, 3.8) is 0 Å². The molecular formula is C20H18F2N2O2S. The molecule has 4 rings (SSSR count). The standard InChI is InChI=1S/C20H18F2N2O2S/c1-26-10-13-17-14(21)3-2-4-16(17)27-19(13)20(25)24-15-6-5-11-9-23-8-7-12(11)18(15)22/h2-6,23H,7-10H2,1H3,(H,24,25). The molecule has 2 N–H and O–H groups in total. The van der Waals surface area contributed by atoms with E-state index in [4.69, 9.17) is 4.74 Å². The lowest BCUT2D eigenvalue weighted by Crippen LogP contribution is -2.25. The molecule has 1 amide bonds. The summed E-state index contributed by atoms with van der Waals surface area (Å²) in [7, 11) is 1.49. The zero-order valence-corrected chi connectivity index (χ0v) is 15.5. The van der Waals surface area contributed by atoms with Crippen LogP contribution in [0.1, 0.15) is 26.4 Å². The number of benzene rings is 2. The summed E-state index contributed by atoms with van der Waals surface area (Å²) in [4.78, 5) is 13.2. The molecule has 0 bridgehead atoms. The van der Waals surface area contributed by atoms with Gasteiger partial charge >= 0.3 is 0 Å². The van der Waals surface area contributed by atoms with Gasteiger partial charge in [-0.3, -0.25) is 4.79 Å². The lowest BCUT2D eigenvalue weighted by atomic mass is 9.99. The van der Waals surface area contributed by atoms with Crippen molar-refractivity contribution in [1.29, 1.82) is 0 Å². The molecule has 0 fully saturated rings. The van der Waals surface area contributed by atoms with Gasteiger partial charge < -0.3 is 15.4 Å². The Labute approximate surface area is 159 Å². The number of anilines is 1. The fourth-order valence-corrected chi connectivity index (χ4v) is 4.56. The Hall–Kier alpha value is -2.35. The molecule has 0 radical (unpaired) electrons. The van der Waals surface area contributed by atoms with Gasteiger partial charge in [-0.05, 0) is 42.3 Å². The van der Waals surface area contributed by atoms with Crippen molar-refractivity contribution < 1.29 is 18.3 Å². The monoisotopic (exact) mass is 388 g/mol. The second-order valence-corrected chi connectivity index (χ2v) is 7.45. The first-order valence-electron chi connectivity index (χ1n) is 8.61. The highest BCUT2D eigenvalue weighted by molar-refractivity contribution is 7.21. The second kappa shape index (κ2) is 7.34. The molecular weight excluding hydrogens is 370 g/mol. The van der Waals surface area contributed by atoms with E-state index in [1.165, 1.54) is 24.5 Å². The van der Waals surface area contributed by atoms with E-state index in [2.05, 4.69) is 10.6 Å². The Bertz CT molecular complexity index is 1030. The summed E-state index contributed by atoms with van der Waals surface area (Å²) in [5.41, 5.74) is 2.16. The van der Waals surface area contributed by atoms with Crippen LogP contribution in [0.4, 0.5) is 14.5 Å². The first-order valence-corrected chi connectivity index (χ1v) is 9.43. The second-order valence-electron chi connectivity index (χ2n) is 6.40. The Morgan fingerprint density at radius 2 is 2.15 bits per heavy atom. The molecule has 0 aliphatic carbocycles. The molecule has 27 heavy (non-hydrogen) atoms. The fraction of sp³-hybridized carbons (Fsp3) is 0.250. The van der Waals surface area contributed by atoms with Crippen LogP contribution in [-0.2, 0) is 24.3 Å². The van der Waals surface area contributed by atoms with Crippen LogP contribution in [-0.4, -0.2) is 19.6 Å². The number of hydrogen-bond donors (Lipinski definition) is 2. The molecule has 0 saturated heterocycles. The average molecular weight is 388 g/mol. The zero-order valence-electron chi connectivity index (χ0n) is 14.7. The normalized spacial score (nSPS) is 13.6. The molecule has 0 spiro atoms. The molecule has 0 atom stereocenters. The Balaban J connectivity index is 1.72. The number of ether oxygens (including phenoxy) is 1. The van der Waals surface area contributed by atoms with Gasteiger partial charge in [0, 0.05) is 29.3 Å². The van der Waals surface area contributed by atoms with Crippen LogP contribution in [0, 0.1) is 11.6 Å². The minimum atomic E-state index is -0.463. The maximum atomic E-state index is 14.8. The first kappa shape index (κ1) is 18.0. The van der Waals surface area contributed by atoms with Crippen LogP contribution in [0.25, 0.3) is 10.1 Å². The van der Waals surface area contributed by atoms with Crippen molar-refractivity contribution >= 4 is 33.0 Å². The molecule has 0 saturated carbocycles. The SMILES string of the molecule is COCc1c(C(=O)Nc2ccc3c(c2F)CCNC3)sc2cccc(F)c12. The molecule has 3 aromatic rings. The summed E-state index contributed by atoms with van der Waals surface area (Å²) in [6.07, 6.45) is 0.577. The lowest BCUT2D eigenvalue weighted by molar-refractivity contribution is 0.102. The molecule has 1 aliphatic rings. The summed E-state index contributed by atoms with van der Waals surface area (Å²) in [6.45, 7) is 1.42. The van der Waals surface area contributed by atoms with Gasteiger partial charge in [0.05, 0.1) is 17.2 Å². The van der Waals surface area contributed by atoms with E-state index in [1.54, 1.807) is 18.2 Å². The lowest BCUT2D eigenvalue weighted by Gasteiger charge is -2.19. The quantitative estimate of drug-likeness (QED) is 0.704. The van der Waals surface area contributed by atoms with Crippen molar-refractivity contribution in [2.24, 2.45) is 0 Å². The molecule has 2 aromatic carbocycles. The number of carbonyl (C=O) groups excluding carboxylic acids is 1. The molecule has 1 aromatic heterocycles. The van der Waals surface area contributed by atoms with Gasteiger partial charge in [-0.25, -0.2) is 8.78 Å². The zero-order chi connectivity index (χ0) is 19.0. The maximum Gasteiger partial charge on any atom is 0.266 e. The molecule has 1 aliphatic heterocycles. The third-order valence-electron chi connectivity index (χ3n) is 4.71. The Morgan fingerprint density at radius 1 is 1.30 bits per heavy atom. The van der Waals surface area contributed by atoms with Crippen LogP contribution in [0.2, 0.25) is 0 Å². The summed E-state index contributed by atoms with van der Waals surface area (Å²) >= 11 is 1.18. The van der Waals surface area contributed by atoms with E-state index in [-0.39, 0.29) is 12.3 Å². The van der Waals surface area contributed by atoms with Crippen molar-refractivity contribution in [3.8, 4) is 0 Å². The van der Waals surface area contributed by atoms with Crippen molar-refractivity contribution in [2.75, 3.05) is 19.0 Å². The summed E-state index contributed by atoms with van der Waals surface area (Å²) in [5.74, 6) is -1.26. The van der Waals surface area contributed by atoms with E-state index in [0.29, 0.717) is 45.6 Å². The van der Waals surface area contributed by atoms with Crippen LogP contribution >= 0.6 is 11.3 Å². The molecule has 7 heteroatoms. The highest BCUT2D eigenvalue weighted by Gasteiger charge is 2.23. The van der Waals surface area contributed by atoms with Crippen LogP contribution in [0.5, 0.6) is 0 Å². The number of halogens is 2. The van der Waals surface area contributed by atoms with Gasteiger partial charge in [-0.2, -0.15) is 0 Å². The third-order valence-corrected chi connectivity index (χ3v) is 5.91. The number of thiophene rings is 1. The molecule has 0 unspecified atom stereocenters. The van der Waals surface area contributed by atoms with Crippen LogP contribution < -0.4 is 10.6 Å². The predicted molar refractivity (Wildman–Crippen MR) is 102 cm³/mol. The average Bonchev–Trinajstić information content (AvgIpc) is 3.04. The van der Waals surface area contributed by atoms with E-state index < -0.39 is 17.5 Å².